The van der Waals surface area contributed by atoms with E-state index < -0.39 is 0 Å². The highest BCUT2D eigenvalue weighted by molar-refractivity contribution is 5.78. The molecular formula is C20H34N4O3. The van der Waals surface area contributed by atoms with Crippen molar-refractivity contribution in [2.75, 3.05) is 47.1 Å². The van der Waals surface area contributed by atoms with Gasteiger partial charge in [-0.05, 0) is 44.5 Å². The van der Waals surface area contributed by atoms with Gasteiger partial charge in [-0.15, -0.1) is 0 Å². The van der Waals surface area contributed by atoms with Gasteiger partial charge in [-0.1, -0.05) is 12.1 Å². The zero-order valence-electron chi connectivity index (χ0n) is 16.8. The molecule has 3 N–H and O–H groups in total. The van der Waals surface area contributed by atoms with Gasteiger partial charge in [-0.2, -0.15) is 0 Å². The van der Waals surface area contributed by atoms with Gasteiger partial charge in [-0.3, -0.25) is 4.90 Å². The number of ether oxygens (including phenoxy) is 3. The molecule has 0 saturated carbocycles. The number of benzene rings is 1. The van der Waals surface area contributed by atoms with Crippen molar-refractivity contribution in [1.29, 1.82) is 0 Å². The molecule has 1 aromatic carbocycles. The van der Waals surface area contributed by atoms with Crippen LogP contribution in [0.4, 0.5) is 0 Å². The highest BCUT2D eigenvalue weighted by Crippen LogP contribution is 2.15. The lowest BCUT2D eigenvalue weighted by atomic mass is 10.1. The number of guanidine groups is 1. The highest BCUT2D eigenvalue weighted by atomic mass is 16.5. The van der Waals surface area contributed by atoms with Crippen molar-refractivity contribution >= 4 is 5.96 Å². The van der Waals surface area contributed by atoms with E-state index in [0.29, 0.717) is 31.8 Å². The maximum absolute atomic E-state index is 5.93. The fraction of sp³-hybridized carbons (Fsp3) is 0.650. The fourth-order valence-corrected chi connectivity index (χ4v) is 3.12. The van der Waals surface area contributed by atoms with Crippen LogP contribution in [0.25, 0.3) is 0 Å². The molecule has 152 valence electrons. The standard InChI is InChI=1S/C20H34N4O3/c1-16(15-25-3)23-20(21)22-14-17-5-4-6-19(13-17)27-12-9-24(2)18-7-10-26-11-8-18/h4-6,13,16,18H,7-12,14-15H2,1-3H3,(H3,21,22,23). The molecular weight excluding hydrogens is 344 g/mol. The second kappa shape index (κ2) is 11.8. The molecule has 27 heavy (non-hydrogen) atoms. The normalized spacial score (nSPS) is 17.1. The van der Waals surface area contributed by atoms with Crippen LogP contribution in [-0.2, 0) is 16.0 Å². The van der Waals surface area contributed by atoms with Gasteiger partial charge in [-0.25, -0.2) is 4.99 Å². The Hall–Kier alpha value is -1.83. The molecule has 1 saturated heterocycles. The van der Waals surface area contributed by atoms with Gasteiger partial charge >= 0.3 is 0 Å². The number of nitrogens with zero attached hydrogens (tertiary/aromatic N) is 2. The van der Waals surface area contributed by atoms with Crippen LogP contribution in [0, 0.1) is 0 Å². The van der Waals surface area contributed by atoms with E-state index in [0.717, 1.165) is 43.9 Å². The second-order valence-corrected chi connectivity index (χ2v) is 7.02. The van der Waals surface area contributed by atoms with Crippen molar-refractivity contribution in [3.05, 3.63) is 29.8 Å². The summed E-state index contributed by atoms with van der Waals surface area (Å²) in [6, 6.07) is 8.73. The summed E-state index contributed by atoms with van der Waals surface area (Å²) in [6.45, 7) is 6.39. The largest absolute Gasteiger partial charge is 0.492 e. The first-order chi connectivity index (χ1) is 13.1. The maximum atomic E-state index is 5.93. The monoisotopic (exact) mass is 378 g/mol. The number of rotatable bonds is 10. The number of nitrogens with two attached hydrogens (primary N) is 1. The average Bonchev–Trinajstić information content (AvgIpc) is 2.67. The van der Waals surface area contributed by atoms with Gasteiger partial charge in [0.05, 0.1) is 13.2 Å². The van der Waals surface area contributed by atoms with Crippen LogP contribution < -0.4 is 15.8 Å². The van der Waals surface area contributed by atoms with Crippen LogP contribution >= 0.6 is 0 Å². The van der Waals surface area contributed by atoms with E-state index >= 15 is 0 Å². The van der Waals surface area contributed by atoms with Gasteiger partial charge in [0.25, 0.3) is 0 Å². The number of aliphatic imine (C=N–C) groups is 1. The van der Waals surface area contributed by atoms with Crippen molar-refractivity contribution in [3.8, 4) is 5.75 Å². The Morgan fingerprint density at radius 1 is 1.41 bits per heavy atom. The predicted molar refractivity (Wildman–Crippen MR) is 108 cm³/mol. The Morgan fingerprint density at radius 2 is 2.19 bits per heavy atom. The third-order valence-electron chi connectivity index (χ3n) is 4.67. The topological polar surface area (TPSA) is 81.3 Å². The number of likely N-dealkylation sites (N-methyl/N-ethyl adjacent to an activating group) is 1. The molecule has 1 atom stereocenters. The molecule has 1 aliphatic rings. The van der Waals surface area contributed by atoms with Crippen molar-refractivity contribution in [2.45, 2.75) is 38.4 Å². The Balaban J connectivity index is 1.75. The number of nitrogens with one attached hydrogen (secondary N) is 1. The maximum Gasteiger partial charge on any atom is 0.189 e. The van der Waals surface area contributed by atoms with E-state index in [1.165, 1.54) is 0 Å². The van der Waals surface area contributed by atoms with Crippen LogP contribution in [0.3, 0.4) is 0 Å². The number of hydrogen-bond acceptors (Lipinski definition) is 5. The number of methoxy groups -OCH3 is 1. The summed E-state index contributed by atoms with van der Waals surface area (Å²) in [4.78, 5) is 6.74. The first-order valence-corrected chi connectivity index (χ1v) is 9.63. The molecule has 1 heterocycles. The third-order valence-corrected chi connectivity index (χ3v) is 4.67. The molecule has 0 radical (unpaired) electrons. The van der Waals surface area contributed by atoms with Crippen molar-refractivity contribution in [1.82, 2.24) is 10.2 Å². The molecule has 0 aromatic heterocycles. The zero-order valence-corrected chi connectivity index (χ0v) is 16.8. The zero-order chi connectivity index (χ0) is 19.5. The summed E-state index contributed by atoms with van der Waals surface area (Å²) in [7, 11) is 3.82. The molecule has 7 heteroatoms. The van der Waals surface area contributed by atoms with Gasteiger partial charge < -0.3 is 25.3 Å². The Kier molecular flexibility index (Phi) is 9.38. The van der Waals surface area contributed by atoms with E-state index in [1.807, 2.05) is 31.2 Å². The molecule has 7 nitrogen and oxygen atoms in total. The lowest BCUT2D eigenvalue weighted by Crippen LogP contribution is -2.40. The minimum absolute atomic E-state index is 0.126. The minimum Gasteiger partial charge on any atom is -0.492 e. The lowest BCUT2D eigenvalue weighted by Gasteiger charge is -2.31. The van der Waals surface area contributed by atoms with E-state index in [1.54, 1.807) is 7.11 Å². The quantitative estimate of drug-likeness (QED) is 0.476. The SMILES string of the molecule is COCC(C)NC(N)=NCc1cccc(OCCN(C)C2CCOCC2)c1. The van der Waals surface area contributed by atoms with Gasteiger partial charge in [0.15, 0.2) is 5.96 Å². The van der Waals surface area contributed by atoms with Gasteiger partial charge in [0.1, 0.15) is 12.4 Å². The van der Waals surface area contributed by atoms with Crippen molar-refractivity contribution in [2.24, 2.45) is 10.7 Å². The summed E-state index contributed by atoms with van der Waals surface area (Å²) < 4.78 is 16.4. The second-order valence-electron chi connectivity index (χ2n) is 7.02. The molecule has 1 unspecified atom stereocenters. The summed E-state index contributed by atoms with van der Waals surface area (Å²) >= 11 is 0. The summed E-state index contributed by atoms with van der Waals surface area (Å²) in [5.41, 5.74) is 6.98. The average molecular weight is 379 g/mol. The molecule has 0 spiro atoms. The summed E-state index contributed by atoms with van der Waals surface area (Å²) in [5.74, 6) is 1.28. The van der Waals surface area contributed by atoms with Crippen LogP contribution in [0.5, 0.6) is 5.75 Å². The fourth-order valence-electron chi connectivity index (χ4n) is 3.12. The van der Waals surface area contributed by atoms with Gasteiger partial charge in [0, 0.05) is 39.0 Å². The van der Waals surface area contributed by atoms with E-state index in [-0.39, 0.29) is 6.04 Å². The first-order valence-electron chi connectivity index (χ1n) is 9.63. The van der Waals surface area contributed by atoms with E-state index in [9.17, 15) is 0 Å². The molecule has 1 fully saturated rings. The Labute approximate surface area is 162 Å². The van der Waals surface area contributed by atoms with Crippen molar-refractivity contribution < 1.29 is 14.2 Å². The van der Waals surface area contributed by atoms with Gasteiger partial charge in [0.2, 0.25) is 0 Å². The van der Waals surface area contributed by atoms with Crippen molar-refractivity contribution in [3.63, 3.8) is 0 Å². The molecule has 1 aliphatic heterocycles. The Morgan fingerprint density at radius 3 is 2.93 bits per heavy atom. The summed E-state index contributed by atoms with van der Waals surface area (Å²) in [5, 5.41) is 3.10. The van der Waals surface area contributed by atoms with Crippen LogP contribution in [-0.4, -0.2) is 70.1 Å². The molecule has 0 aliphatic carbocycles. The molecule has 0 amide bonds. The predicted octanol–water partition coefficient (Wildman–Crippen LogP) is 1.62. The lowest BCUT2D eigenvalue weighted by molar-refractivity contribution is 0.0392. The minimum atomic E-state index is 0.126. The van der Waals surface area contributed by atoms with Crippen LogP contribution in [0.2, 0.25) is 0 Å². The summed E-state index contributed by atoms with van der Waals surface area (Å²) in [6.07, 6.45) is 2.20. The first kappa shape index (κ1) is 21.5. The molecule has 1 aromatic rings. The van der Waals surface area contributed by atoms with E-state index in [4.69, 9.17) is 19.9 Å². The highest BCUT2D eigenvalue weighted by Gasteiger charge is 2.17. The van der Waals surface area contributed by atoms with Crippen LogP contribution in [0.15, 0.2) is 29.3 Å². The van der Waals surface area contributed by atoms with Crippen LogP contribution in [0.1, 0.15) is 25.3 Å². The molecule has 0 bridgehead atoms. The Bertz CT molecular complexity index is 576. The molecule has 2 rings (SSSR count). The number of hydrogen-bond donors (Lipinski definition) is 2. The smallest absolute Gasteiger partial charge is 0.189 e. The van der Waals surface area contributed by atoms with E-state index in [2.05, 4.69) is 22.3 Å². The third kappa shape index (κ3) is 8.15.